The summed E-state index contributed by atoms with van der Waals surface area (Å²) in [6.45, 7) is 3.37. The molecule has 112 valence electrons. The van der Waals surface area contributed by atoms with Crippen LogP contribution in [-0.2, 0) is 6.42 Å². The van der Waals surface area contributed by atoms with Crippen LogP contribution in [0.15, 0.2) is 6.20 Å². The average Bonchev–Trinajstić information content (AvgIpc) is 2.73. The van der Waals surface area contributed by atoms with Gasteiger partial charge in [-0.1, -0.05) is 32.6 Å². The van der Waals surface area contributed by atoms with Crippen molar-refractivity contribution in [2.45, 2.75) is 83.2 Å². The fraction of sp³-hybridized carbons (Fsp3) is 0.824. The summed E-state index contributed by atoms with van der Waals surface area (Å²) >= 11 is 0. The average molecular weight is 275 g/mol. The number of nitrogens with zero attached hydrogens (tertiary/aromatic N) is 2. The minimum absolute atomic E-state index is 0.554. The maximum absolute atomic E-state index is 4.80. The lowest BCUT2D eigenvalue weighted by molar-refractivity contribution is 0.379. The van der Waals surface area contributed by atoms with Gasteiger partial charge in [0.1, 0.15) is 0 Å². The molecule has 1 unspecified atom stereocenters. The Morgan fingerprint density at radius 3 is 2.70 bits per heavy atom. The van der Waals surface area contributed by atoms with Crippen LogP contribution in [0.2, 0.25) is 0 Å². The summed E-state index contributed by atoms with van der Waals surface area (Å²) in [7, 11) is 0. The summed E-state index contributed by atoms with van der Waals surface area (Å²) in [5.74, 6) is 0. The molecule has 0 radical (unpaired) electrons. The van der Waals surface area contributed by atoms with Crippen LogP contribution >= 0.6 is 0 Å². The monoisotopic (exact) mass is 275 g/mol. The molecular formula is C17H29N3. The summed E-state index contributed by atoms with van der Waals surface area (Å²) in [5.41, 5.74) is 3.03. The molecule has 1 N–H and O–H groups in total. The fourth-order valence-corrected chi connectivity index (χ4v) is 3.93. The molecule has 2 aliphatic rings. The number of nitrogens with one attached hydrogen (secondary N) is 1. The van der Waals surface area contributed by atoms with E-state index in [-0.39, 0.29) is 0 Å². The van der Waals surface area contributed by atoms with Crippen molar-refractivity contribution in [1.29, 1.82) is 0 Å². The number of hydrogen-bond acceptors (Lipinski definition) is 2. The fourth-order valence-electron chi connectivity index (χ4n) is 3.93. The van der Waals surface area contributed by atoms with Crippen molar-refractivity contribution < 1.29 is 0 Å². The van der Waals surface area contributed by atoms with Gasteiger partial charge in [0.15, 0.2) is 0 Å². The SMILES string of the molecule is CCCNC1CCCc2c1cnn2C1CCCCCC1. The van der Waals surface area contributed by atoms with Crippen molar-refractivity contribution in [1.82, 2.24) is 15.1 Å². The molecule has 1 fully saturated rings. The Morgan fingerprint density at radius 1 is 1.15 bits per heavy atom. The Kier molecular flexibility index (Phi) is 4.77. The van der Waals surface area contributed by atoms with E-state index in [0.29, 0.717) is 12.1 Å². The number of fused-ring (bicyclic) bond motifs is 1. The maximum Gasteiger partial charge on any atom is 0.0540 e. The second-order valence-electron chi connectivity index (χ2n) is 6.54. The number of rotatable bonds is 4. The summed E-state index contributed by atoms with van der Waals surface area (Å²) in [6, 6.07) is 1.23. The highest BCUT2D eigenvalue weighted by Gasteiger charge is 2.26. The lowest BCUT2D eigenvalue weighted by Crippen LogP contribution is -2.26. The van der Waals surface area contributed by atoms with Gasteiger partial charge in [-0.15, -0.1) is 0 Å². The highest BCUT2D eigenvalue weighted by atomic mass is 15.3. The Hall–Kier alpha value is -0.830. The van der Waals surface area contributed by atoms with Crippen molar-refractivity contribution in [2.24, 2.45) is 0 Å². The van der Waals surface area contributed by atoms with E-state index in [1.807, 2.05) is 0 Å². The summed E-state index contributed by atoms with van der Waals surface area (Å²) in [4.78, 5) is 0. The third-order valence-electron chi connectivity index (χ3n) is 5.02. The molecule has 0 aliphatic heterocycles. The van der Waals surface area contributed by atoms with E-state index < -0.39 is 0 Å². The molecule has 0 saturated heterocycles. The Labute approximate surface area is 123 Å². The molecule has 0 amide bonds. The predicted molar refractivity (Wildman–Crippen MR) is 82.9 cm³/mol. The van der Waals surface area contributed by atoms with Gasteiger partial charge in [0.05, 0.1) is 12.2 Å². The van der Waals surface area contributed by atoms with Gasteiger partial charge in [-0.25, -0.2) is 0 Å². The van der Waals surface area contributed by atoms with Crippen LogP contribution in [-0.4, -0.2) is 16.3 Å². The molecule has 0 bridgehead atoms. The van der Waals surface area contributed by atoms with Gasteiger partial charge in [-0.2, -0.15) is 5.10 Å². The van der Waals surface area contributed by atoms with Crippen molar-refractivity contribution in [3.63, 3.8) is 0 Å². The first-order valence-electron chi connectivity index (χ1n) is 8.69. The molecule has 3 heteroatoms. The van der Waals surface area contributed by atoms with E-state index in [9.17, 15) is 0 Å². The van der Waals surface area contributed by atoms with E-state index in [1.165, 1.54) is 75.5 Å². The summed E-state index contributed by atoms with van der Waals surface area (Å²) < 4.78 is 2.40. The summed E-state index contributed by atoms with van der Waals surface area (Å²) in [5, 5.41) is 8.50. The normalized spacial score (nSPS) is 24.4. The van der Waals surface area contributed by atoms with Gasteiger partial charge in [0.2, 0.25) is 0 Å². The smallest absolute Gasteiger partial charge is 0.0540 e. The van der Waals surface area contributed by atoms with Crippen LogP contribution in [0, 0.1) is 0 Å². The zero-order valence-corrected chi connectivity index (χ0v) is 12.9. The first-order valence-corrected chi connectivity index (χ1v) is 8.69. The minimum atomic E-state index is 0.554. The molecule has 0 spiro atoms. The highest BCUT2D eigenvalue weighted by Crippen LogP contribution is 2.34. The van der Waals surface area contributed by atoms with Crippen molar-refractivity contribution in [3.05, 3.63) is 17.5 Å². The third kappa shape index (κ3) is 2.93. The van der Waals surface area contributed by atoms with E-state index >= 15 is 0 Å². The Morgan fingerprint density at radius 2 is 1.95 bits per heavy atom. The first-order chi connectivity index (χ1) is 9.90. The van der Waals surface area contributed by atoms with Crippen LogP contribution in [0.25, 0.3) is 0 Å². The Balaban J connectivity index is 1.78. The lowest BCUT2D eigenvalue weighted by Gasteiger charge is -2.26. The summed E-state index contributed by atoms with van der Waals surface area (Å²) in [6.07, 6.45) is 15.5. The van der Waals surface area contributed by atoms with Crippen molar-refractivity contribution >= 4 is 0 Å². The van der Waals surface area contributed by atoms with Crippen LogP contribution in [0.5, 0.6) is 0 Å². The molecule has 1 saturated carbocycles. The molecule has 1 heterocycles. The molecular weight excluding hydrogens is 246 g/mol. The Bertz CT molecular complexity index is 416. The maximum atomic E-state index is 4.80. The van der Waals surface area contributed by atoms with Crippen LogP contribution in [0.4, 0.5) is 0 Å². The predicted octanol–water partition coefficient (Wildman–Crippen LogP) is 4.16. The molecule has 1 aromatic rings. The molecule has 0 aromatic carbocycles. The standard InChI is InChI=1S/C17H29N3/c1-2-12-18-16-10-7-11-17-15(16)13-19-20(17)14-8-5-3-4-6-9-14/h13-14,16,18H,2-12H2,1H3. The molecule has 20 heavy (non-hydrogen) atoms. The van der Waals surface area contributed by atoms with Gasteiger partial charge in [-0.05, 0) is 45.1 Å². The zero-order chi connectivity index (χ0) is 13.8. The zero-order valence-electron chi connectivity index (χ0n) is 12.9. The van der Waals surface area contributed by atoms with Crippen LogP contribution < -0.4 is 5.32 Å². The van der Waals surface area contributed by atoms with E-state index in [2.05, 4.69) is 23.1 Å². The van der Waals surface area contributed by atoms with Gasteiger partial charge in [0, 0.05) is 17.3 Å². The molecule has 1 atom stereocenters. The van der Waals surface area contributed by atoms with Gasteiger partial charge in [0.25, 0.3) is 0 Å². The second-order valence-corrected chi connectivity index (χ2v) is 6.54. The van der Waals surface area contributed by atoms with Crippen LogP contribution in [0.3, 0.4) is 0 Å². The molecule has 3 rings (SSSR count). The molecule has 1 aromatic heterocycles. The quantitative estimate of drug-likeness (QED) is 0.836. The van der Waals surface area contributed by atoms with Gasteiger partial charge in [-0.3, -0.25) is 4.68 Å². The number of hydrogen-bond donors (Lipinski definition) is 1. The largest absolute Gasteiger partial charge is 0.310 e. The van der Waals surface area contributed by atoms with E-state index in [4.69, 9.17) is 5.10 Å². The van der Waals surface area contributed by atoms with Crippen molar-refractivity contribution in [3.8, 4) is 0 Å². The lowest BCUT2D eigenvalue weighted by atomic mass is 9.92. The van der Waals surface area contributed by atoms with Crippen molar-refractivity contribution in [2.75, 3.05) is 6.54 Å². The number of aromatic nitrogens is 2. The minimum Gasteiger partial charge on any atom is -0.310 e. The molecule has 3 nitrogen and oxygen atoms in total. The third-order valence-corrected chi connectivity index (χ3v) is 5.02. The molecule has 2 aliphatic carbocycles. The van der Waals surface area contributed by atoms with E-state index in [0.717, 1.165) is 6.54 Å². The second kappa shape index (κ2) is 6.75. The van der Waals surface area contributed by atoms with Gasteiger partial charge >= 0.3 is 0 Å². The van der Waals surface area contributed by atoms with Crippen LogP contribution in [0.1, 0.15) is 88.1 Å². The topological polar surface area (TPSA) is 29.9 Å². The first kappa shape index (κ1) is 14.1. The van der Waals surface area contributed by atoms with Gasteiger partial charge < -0.3 is 5.32 Å². The van der Waals surface area contributed by atoms with E-state index in [1.54, 1.807) is 0 Å². The highest BCUT2D eigenvalue weighted by molar-refractivity contribution is 5.25.